The minimum absolute atomic E-state index is 0.0588. The lowest BCUT2D eigenvalue weighted by molar-refractivity contribution is -0.123. The molecule has 0 aromatic rings. The smallest absolute Gasteiger partial charge is 0.221 e. The van der Waals surface area contributed by atoms with E-state index >= 15 is 0 Å². The highest BCUT2D eigenvalue weighted by Gasteiger charge is 2.23. The summed E-state index contributed by atoms with van der Waals surface area (Å²) < 4.78 is 0. The molecule has 0 aliphatic carbocycles. The topological polar surface area (TPSA) is 99.1 Å². The van der Waals surface area contributed by atoms with Gasteiger partial charge in [-0.1, -0.05) is 259 Å². The first kappa shape index (κ1) is 68.8. The second-order valence-electron chi connectivity index (χ2n) is 23.5. The Morgan fingerprint density at radius 1 is 0.319 bits per heavy atom. The average molecular weight is 1020 g/mol. The summed E-state index contributed by atoms with van der Waals surface area (Å²) in [6, 6.07) is 0. The molecule has 0 aromatic carbocycles. The second-order valence-corrected chi connectivity index (χ2v) is 23.5. The molecule has 0 radical (unpaired) electrons. The lowest BCUT2D eigenvalue weighted by atomic mass is 10.00. The summed E-state index contributed by atoms with van der Waals surface area (Å²) in [5.74, 6) is -0.329. The van der Waals surface area contributed by atoms with Crippen molar-refractivity contribution in [1.82, 2.24) is 19.6 Å². The van der Waals surface area contributed by atoms with Gasteiger partial charge in [-0.2, -0.15) is 0 Å². The van der Waals surface area contributed by atoms with Crippen LogP contribution in [0.2, 0.25) is 0 Å². The molecule has 0 saturated carbocycles. The largest absolute Gasteiger partial charge is 0.369 e. The molecular formula is C64H130N6O2. The molecule has 8 nitrogen and oxygen atoms in total. The molecule has 2 amide bonds. The summed E-state index contributed by atoms with van der Waals surface area (Å²) >= 11 is 0. The molecule has 2 unspecified atom stereocenters. The van der Waals surface area contributed by atoms with Crippen molar-refractivity contribution in [3.05, 3.63) is 0 Å². The van der Waals surface area contributed by atoms with Crippen LogP contribution in [0.1, 0.15) is 310 Å². The van der Waals surface area contributed by atoms with Crippen LogP contribution in [0.5, 0.6) is 0 Å². The maximum atomic E-state index is 12.9. The summed E-state index contributed by atoms with van der Waals surface area (Å²) in [5, 5.41) is 0. The predicted octanol–water partition coefficient (Wildman–Crippen LogP) is 16.7. The molecule has 1 heterocycles. The molecule has 0 bridgehead atoms. The molecule has 0 aromatic heterocycles. The Balaban J connectivity index is 2.55. The van der Waals surface area contributed by atoms with E-state index in [4.69, 9.17) is 11.5 Å². The molecule has 1 aliphatic heterocycles. The Hall–Kier alpha value is -1.22. The van der Waals surface area contributed by atoms with Gasteiger partial charge in [-0.25, -0.2) is 0 Å². The standard InChI is InChI=1S/C64H130N6O2/c1-5-9-13-17-21-25-29-33-37-41-49-69(50-42-38-34-30-26-22-18-14-10-6-2)59-61(63(65)71)47-45-53-67-55-57-68(58-56-67)54-46-48-62(64(66)72)60-70(51-43-39-35-31-27-23-19-15-11-7-3)52-44-40-36-32-28-24-20-16-12-8-4/h61-62H,5-60H2,1-4H3,(H2,65,71)(H2,66,72). The lowest BCUT2D eigenvalue weighted by Gasteiger charge is -2.35. The molecule has 0 spiro atoms. The van der Waals surface area contributed by atoms with Crippen LogP contribution in [-0.2, 0) is 9.59 Å². The van der Waals surface area contributed by atoms with E-state index in [0.29, 0.717) is 0 Å². The lowest BCUT2D eigenvalue weighted by Crippen LogP contribution is -2.47. The van der Waals surface area contributed by atoms with Gasteiger partial charge in [-0.3, -0.25) is 9.59 Å². The maximum Gasteiger partial charge on any atom is 0.221 e. The number of primary amides is 2. The molecule has 1 fully saturated rings. The van der Waals surface area contributed by atoms with E-state index in [1.54, 1.807) is 0 Å². The normalized spacial score (nSPS) is 14.5. The highest BCUT2D eigenvalue weighted by Crippen LogP contribution is 2.19. The van der Waals surface area contributed by atoms with Gasteiger partial charge in [0.2, 0.25) is 11.8 Å². The van der Waals surface area contributed by atoms with E-state index in [0.717, 1.165) is 104 Å². The van der Waals surface area contributed by atoms with Crippen molar-refractivity contribution >= 4 is 11.8 Å². The van der Waals surface area contributed by atoms with E-state index < -0.39 is 0 Å². The molecular weight excluding hydrogens is 885 g/mol. The minimum Gasteiger partial charge on any atom is -0.369 e. The van der Waals surface area contributed by atoms with Crippen LogP contribution >= 0.6 is 0 Å². The Morgan fingerprint density at radius 2 is 0.514 bits per heavy atom. The quantitative estimate of drug-likeness (QED) is 0.0589. The first-order chi connectivity index (χ1) is 35.3. The fourth-order valence-electron chi connectivity index (χ4n) is 11.5. The van der Waals surface area contributed by atoms with Crippen LogP contribution in [0.15, 0.2) is 0 Å². The predicted molar refractivity (Wildman–Crippen MR) is 317 cm³/mol. The van der Waals surface area contributed by atoms with Gasteiger partial charge in [0.25, 0.3) is 0 Å². The number of rotatable bonds is 58. The van der Waals surface area contributed by atoms with Crippen LogP contribution in [0.4, 0.5) is 0 Å². The number of carbonyl (C=O) groups is 2. The minimum atomic E-state index is -0.106. The summed E-state index contributed by atoms with van der Waals surface area (Å²) in [7, 11) is 0. The Labute approximate surface area is 451 Å². The van der Waals surface area contributed by atoms with Gasteiger partial charge >= 0.3 is 0 Å². The van der Waals surface area contributed by atoms with E-state index in [1.165, 1.54) is 257 Å². The second kappa shape index (κ2) is 53.2. The highest BCUT2D eigenvalue weighted by molar-refractivity contribution is 5.77. The Bertz CT molecular complexity index is 998. The highest BCUT2D eigenvalue weighted by atomic mass is 16.1. The molecule has 2 atom stereocenters. The SMILES string of the molecule is CCCCCCCCCCCCN(CCCCCCCCCCCC)CC(CCCN1CCN(CCCC(CN(CCCCCCCCCCCC)CCCCCCCCCCCC)C(N)=O)CC1)C(N)=O. The molecule has 8 heteroatoms. The van der Waals surface area contributed by atoms with Gasteiger partial charge < -0.3 is 31.1 Å². The fourth-order valence-corrected chi connectivity index (χ4v) is 11.5. The van der Waals surface area contributed by atoms with Gasteiger partial charge in [0.1, 0.15) is 0 Å². The van der Waals surface area contributed by atoms with Crippen molar-refractivity contribution in [2.24, 2.45) is 23.3 Å². The molecule has 4 N–H and O–H groups in total. The third kappa shape index (κ3) is 44.0. The number of piperazine rings is 1. The van der Waals surface area contributed by atoms with Gasteiger partial charge in [0, 0.05) is 39.3 Å². The number of amides is 2. The van der Waals surface area contributed by atoms with E-state index in [2.05, 4.69) is 47.3 Å². The van der Waals surface area contributed by atoms with Crippen molar-refractivity contribution in [3.63, 3.8) is 0 Å². The van der Waals surface area contributed by atoms with Crippen molar-refractivity contribution in [2.45, 2.75) is 310 Å². The molecule has 1 aliphatic rings. The van der Waals surface area contributed by atoms with Crippen LogP contribution in [-0.4, -0.2) is 110 Å². The van der Waals surface area contributed by atoms with Crippen molar-refractivity contribution in [2.75, 3.05) is 78.5 Å². The average Bonchev–Trinajstić information content (AvgIpc) is 3.37. The fraction of sp³-hybridized carbons (Fsp3) is 0.969. The maximum absolute atomic E-state index is 12.9. The molecule has 72 heavy (non-hydrogen) atoms. The summed E-state index contributed by atoms with van der Waals surface area (Å²) in [5.41, 5.74) is 12.3. The van der Waals surface area contributed by atoms with E-state index in [1.807, 2.05) is 0 Å². The Morgan fingerprint density at radius 3 is 0.708 bits per heavy atom. The zero-order chi connectivity index (χ0) is 52.2. The van der Waals surface area contributed by atoms with E-state index in [9.17, 15) is 9.59 Å². The van der Waals surface area contributed by atoms with Crippen LogP contribution in [0.3, 0.4) is 0 Å². The zero-order valence-electron chi connectivity index (χ0n) is 49.5. The van der Waals surface area contributed by atoms with Crippen LogP contribution in [0, 0.1) is 11.8 Å². The first-order valence-corrected chi connectivity index (χ1v) is 32.8. The van der Waals surface area contributed by atoms with Crippen molar-refractivity contribution in [1.29, 1.82) is 0 Å². The number of carbonyl (C=O) groups excluding carboxylic acids is 2. The van der Waals surface area contributed by atoms with Gasteiger partial charge in [0.05, 0.1) is 11.8 Å². The van der Waals surface area contributed by atoms with Gasteiger partial charge in [-0.05, 0) is 90.6 Å². The summed E-state index contributed by atoms with van der Waals surface area (Å²) in [6.07, 6.45) is 58.2. The number of hydrogen-bond acceptors (Lipinski definition) is 6. The van der Waals surface area contributed by atoms with Crippen molar-refractivity contribution in [3.8, 4) is 0 Å². The number of nitrogens with zero attached hydrogens (tertiary/aromatic N) is 4. The summed E-state index contributed by atoms with van der Waals surface area (Å²) in [4.78, 5) is 36.2. The number of hydrogen-bond donors (Lipinski definition) is 2. The monoisotopic (exact) mass is 1020 g/mol. The Kier molecular flexibility index (Phi) is 50.8. The van der Waals surface area contributed by atoms with Crippen molar-refractivity contribution < 1.29 is 9.59 Å². The van der Waals surface area contributed by atoms with E-state index in [-0.39, 0.29) is 23.7 Å². The number of nitrogens with two attached hydrogens (primary N) is 2. The van der Waals surface area contributed by atoms with Crippen LogP contribution in [0.25, 0.3) is 0 Å². The number of unbranched alkanes of at least 4 members (excludes halogenated alkanes) is 36. The third-order valence-electron chi connectivity index (χ3n) is 16.6. The first-order valence-electron chi connectivity index (χ1n) is 32.8. The zero-order valence-corrected chi connectivity index (χ0v) is 49.5. The molecule has 1 saturated heterocycles. The molecule has 428 valence electrons. The van der Waals surface area contributed by atoms with Gasteiger partial charge in [-0.15, -0.1) is 0 Å². The van der Waals surface area contributed by atoms with Gasteiger partial charge in [0.15, 0.2) is 0 Å². The van der Waals surface area contributed by atoms with Crippen LogP contribution < -0.4 is 11.5 Å². The summed E-state index contributed by atoms with van der Waals surface area (Å²) in [6.45, 7) is 21.7. The molecule has 1 rings (SSSR count). The third-order valence-corrected chi connectivity index (χ3v) is 16.6.